The van der Waals surface area contributed by atoms with Crippen molar-refractivity contribution in [1.82, 2.24) is 13.5 Å². The van der Waals surface area contributed by atoms with Crippen molar-refractivity contribution in [1.29, 1.82) is 0 Å². The van der Waals surface area contributed by atoms with E-state index < -0.39 is 10.2 Å². The van der Waals surface area contributed by atoms with Gasteiger partial charge in [0.15, 0.2) is 0 Å². The Morgan fingerprint density at radius 2 is 1.74 bits per heavy atom. The van der Waals surface area contributed by atoms with E-state index in [2.05, 4.69) is 0 Å². The van der Waals surface area contributed by atoms with E-state index in [-0.39, 0.29) is 18.1 Å². The summed E-state index contributed by atoms with van der Waals surface area (Å²) in [6, 6.07) is 5.16. The van der Waals surface area contributed by atoms with Gasteiger partial charge in [0.25, 0.3) is 10.2 Å². The molecule has 2 saturated heterocycles. The van der Waals surface area contributed by atoms with Gasteiger partial charge in [-0.2, -0.15) is 17.0 Å². The number of carbonyl (C=O) groups excluding carboxylic acids is 1. The maximum absolute atomic E-state index is 13.0. The van der Waals surface area contributed by atoms with E-state index in [0.717, 1.165) is 0 Å². The van der Waals surface area contributed by atoms with Crippen LogP contribution in [0.4, 0.5) is 0 Å². The summed E-state index contributed by atoms with van der Waals surface area (Å²) in [5.41, 5.74) is 0. The smallest absolute Gasteiger partial charge is 0.282 e. The molecule has 2 aliphatic rings. The van der Waals surface area contributed by atoms with Crippen molar-refractivity contribution in [3.05, 3.63) is 28.2 Å². The van der Waals surface area contributed by atoms with E-state index in [1.165, 1.54) is 8.61 Å². The first-order chi connectivity index (χ1) is 14.7. The van der Waals surface area contributed by atoms with Crippen LogP contribution in [0.1, 0.15) is 26.7 Å². The lowest BCUT2D eigenvalue weighted by atomic mass is 10.2. The molecular formula is C20H29Cl2N3O5S. The molecule has 2 unspecified atom stereocenters. The topological polar surface area (TPSA) is 79.4 Å². The van der Waals surface area contributed by atoms with Crippen LogP contribution in [0, 0.1) is 0 Å². The van der Waals surface area contributed by atoms with Gasteiger partial charge >= 0.3 is 0 Å². The Morgan fingerprint density at radius 1 is 1.10 bits per heavy atom. The number of hydrogen-bond acceptors (Lipinski definition) is 5. The number of piperazine rings is 1. The molecule has 0 spiro atoms. The highest BCUT2D eigenvalue weighted by Crippen LogP contribution is 2.31. The average Bonchev–Trinajstić information content (AvgIpc) is 2.73. The molecule has 0 aliphatic carbocycles. The number of morpholine rings is 1. The van der Waals surface area contributed by atoms with Gasteiger partial charge < -0.3 is 14.4 Å². The second-order valence-electron chi connectivity index (χ2n) is 7.87. The molecule has 3 rings (SSSR count). The number of amides is 1. The zero-order valence-electron chi connectivity index (χ0n) is 17.8. The van der Waals surface area contributed by atoms with Crippen LogP contribution in [0.2, 0.25) is 10.0 Å². The molecule has 2 fully saturated rings. The van der Waals surface area contributed by atoms with Crippen LogP contribution in [-0.4, -0.2) is 85.9 Å². The van der Waals surface area contributed by atoms with Gasteiger partial charge in [-0.1, -0.05) is 29.3 Å². The van der Waals surface area contributed by atoms with Crippen molar-refractivity contribution in [2.45, 2.75) is 38.9 Å². The Labute approximate surface area is 194 Å². The minimum absolute atomic E-state index is 0.00791. The van der Waals surface area contributed by atoms with Gasteiger partial charge in [0, 0.05) is 45.7 Å². The lowest BCUT2D eigenvalue weighted by Gasteiger charge is -2.40. The van der Waals surface area contributed by atoms with Crippen LogP contribution in [0.25, 0.3) is 0 Å². The van der Waals surface area contributed by atoms with Crippen LogP contribution in [0.3, 0.4) is 0 Å². The third kappa shape index (κ3) is 6.24. The highest BCUT2D eigenvalue weighted by atomic mass is 35.5. The molecule has 0 aromatic heterocycles. The predicted molar refractivity (Wildman–Crippen MR) is 120 cm³/mol. The fourth-order valence-corrected chi connectivity index (χ4v) is 5.90. The predicted octanol–water partition coefficient (Wildman–Crippen LogP) is 2.65. The Hall–Kier alpha value is -1.10. The van der Waals surface area contributed by atoms with Crippen molar-refractivity contribution in [3.63, 3.8) is 0 Å². The number of nitrogens with zero attached hydrogens (tertiary/aromatic N) is 3. The third-order valence-electron chi connectivity index (χ3n) is 5.34. The molecule has 8 nitrogen and oxygen atoms in total. The minimum atomic E-state index is -3.55. The molecule has 31 heavy (non-hydrogen) atoms. The number of benzene rings is 1. The number of rotatable bonds is 7. The molecule has 0 radical (unpaired) electrons. The van der Waals surface area contributed by atoms with Gasteiger partial charge in [0.1, 0.15) is 10.8 Å². The largest absolute Gasteiger partial charge is 0.492 e. The molecule has 0 N–H and O–H groups in total. The van der Waals surface area contributed by atoms with Crippen LogP contribution in [0.15, 0.2) is 18.2 Å². The maximum atomic E-state index is 13.0. The molecule has 2 heterocycles. The summed E-state index contributed by atoms with van der Waals surface area (Å²) in [6.45, 7) is 6.14. The summed E-state index contributed by atoms with van der Waals surface area (Å²) in [5, 5.41) is 0.779. The van der Waals surface area contributed by atoms with E-state index in [1.54, 1.807) is 23.1 Å². The summed E-state index contributed by atoms with van der Waals surface area (Å²) in [4.78, 5) is 14.2. The lowest BCUT2D eigenvalue weighted by molar-refractivity contribution is -0.132. The van der Waals surface area contributed by atoms with Crippen LogP contribution in [0.5, 0.6) is 5.75 Å². The molecule has 2 aliphatic heterocycles. The molecule has 0 bridgehead atoms. The lowest BCUT2D eigenvalue weighted by Crippen LogP contribution is -2.57. The summed E-state index contributed by atoms with van der Waals surface area (Å²) in [7, 11) is -3.55. The van der Waals surface area contributed by atoms with Crippen molar-refractivity contribution in [3.8, 4) is 5.75 Å². The highest BCUT2D eigenvalue weighted by molar-refractivity contribution is 7.86. The van der Waals surface area contributed by atoms with E-state index in [0.29, 0.717) is 74.5 Å². The third-order valence-corrected chi connectivity index (χ3v) is 8.11. The summed E-state index contributed by atoms with van der Waals surface area (Å²) >= 11 is 12.0. The first-order valence-electron chi connectivity index (χ1n) is 10.4. The zero-order valence-corrected chi connectivity index (χ0v) is 20.1. The van der Waals surface area contributed by atoms with Crippen LogP contribution in [-0.2, 0) is 19.7 Å². The second-order valence-corrected chi connectivity index (χ2v) is 10.6. The van der Waals surface area contributed by atoms with Gasteiger partial charge in [-0.25, -0.2) is 0 Å². The van der Waals surface area contributed by atoms with E-state index in [4.69, 9.17) is 32.7 Å². The normalized spacial score (nSPS) is 23.7. The maximum Gasteiger partial charge on any atom is 0.282 e. The molecule has 2 atom stereocenters. The van der Waals surface area contributed by atoms with Gasteiger partial charge in [0.05, 0.1) is 23.8 Å². The quantitative estimate of drug-likeness (QED) is 0.545. The van der Waals surface area contributed by atoms with Gasteiger partial charge in [0.2, 0.25) is 5.91 Å². The minimum Gasteiger partial charge on any atom is -0.492 e. The molecule has 11 heteroatoms. The fraction of sp³-hybridized carbons (Fsp3) is 0.650. The molecular weight excluding hydrogens is 465 g/mol. The molecule has 1 aromatic rings. The Morgan fingerprint density at radius 3 is 2.39 bits per heavy atom. The van der Waals surface area contributed by atoms with Gasteiger partial charge in [-0.15, -0.1) is 0 Å². The number of ether oxygens (including phenoxy) is 2. The number of carbonyl (C=O) groups is 1. The van der Waals surface area contributed by atoms with Crippen molar-refractivity contribution in [2.75, 3.05) is 45.9 Å². The highest BCUT2D eigenvalue weighted by Gasteiger charge is 2.37. The zero-order chi connectivity index (χ0) is 22.6. The van der Waals surface area contributed by atoms with Crippen molar-refractivity contribution >= 4 is 39.3 Å². The first-order valence-corrected chi connectivity index (χ1v) is 12.6. The molecule has 174 valence electrons. The van der Waals surface area contributed by atoms with Crippen LogP contribution < -0.4 is 4.74 Å². The van der Waals surface area contributed by atoms with Gasteiger partial charge in [-0.05, 0) is 32.4 Å². The van der Waals surface area contributed by atoms with E-state index in [1.807, 2.05) is 13.8 Å². The van der Waals surface area contributed by atoms with E-state index in [9.17, 15) is 13.2 Å². The monoisotopic (exact) mass is 493 g/mol. The Kier molecular flexibility index (Phi) is 8.45. The Bertz CT molecular complexity index is 868. The van der Waals surface area contributed by atoms with Crippen molar-refractivity contribution < 1.29 is 22.7 Å². The van der Waals surface area contributed by atoms with E-state index >= 15 is 0 Å². The van der Waals surface area contributed by atoms with Gasteiger partial charge in [-0.3, -0.25) is 4.79 Å². The SMILES string of the molecule is CC1CN(S(=O)(=O)N2CCN(C(=O)CCCOc3cccc(Cl)c3Cl)CC2)CC(C)O1. The fourth-order valence-electron chi connectivity index (χ4n) is 3.81. The second kappa shape index (κ2) is 10.7. The molecule has 0 saturated carbocycles. The summed E-state index contributed by atoms with van der Waals surface area (Å²) in [6.07, 6.45) is 0.587. The van der Waals surface area contributed by atoms with Crippen LogP contribution >= 0.6 is 23.2 Å². The average molecular weight is 494 g/mol. The molecule has 1 aromatic carbocycles. The number of halogens is 2. The molecule has 1 amide bonds. The van der Waals surface area contributed by atoms with Crippen molar-refractivity contribution in [2.24, 2.45) is 0 Å². The number of hydrogen-bond donors (Lipinski definition) is 0. The Balaban J connectivity index is 1.42. The summed E-state index contributed by atoms with van der Waals surface area (Å²) < 4.78 is 40.1. The first kappa shape index (κ1) is 24.5. The standard InChI is InChI=1S/C20H29Cl2N3O5S/c1-15-13-25(14-16(2)30-15)31(27,28)24-10-8-23(9-11-24)19(26)7-4-12-29-18-6-3-5-17(21)20(18)22/h3,5-6,15-16H,4,7-14H2,1-2H3. The summed E-state index contributed by atoms with van der Waals surface area (Å²) in [5.74, 6) is 0.485.